The molecule has 2 aromatic rings. The van der Waals surface area contributed by atoms with E-state index in [4.69, 9.17) is 0 Å². The molecule has 1 heterocycles. The van der Waals surface area contributed by atoms with E-state index in [-0.39, 0.29) is 16.3 Å². The summed E-state index contributed by atoms with van der Waals surface area (Å²) in [5.41, 5.74) is -0.645. The van der Waals surface area contributed by atoms with Crippen LogP contribution >= 0.6 is 23.1 Å². The zero-order chi connectivity index (χ0) is 15.6. The molecule has 110 valence electrons. The Hall–Kier alpha value is -2.27. The average molecular weight is 327 g/mol. The third-order valence-corrected chi connectivity index (χ3v) is 4.53. The van der Waals surface area contributed by atoms with Gasteiger partial charge in [-0.05, 0) is 17.8 Å². The van der Waals surface area contributed by atoms with E-state index in [0.29, 0.717) is 9.47 Å². The van der Waals surface area contributed by atoms with E-state index >= 15 is 0 Å². The van der Waals surface area contributed by atoms with Gasteiger partial charge in [0.25, 0.3) is 11.4 Å². The van der Waals surface area contributed by atoms with Crippen molar-refractivity contribution in [3.8, 4) is 0 Å². The van der Waals surface area contributed by atoms with E-state index < -0.39 is 9.85 Å². The Morgan fingerprint density at radius 3 is 2.43 bits per heavy atom. The van der Waals surface area contributed by atoms with Gasteiger partial charge in [0.2, 0.25) is 5.13 Å². The van der Waals surface area contributed by atoms with E-state index in [1.807, 2.05) is 14.1 Å². The lowest BCUT2D eigenvalue weighted by Crippen LogP contribution is -2.07. The van der Waals surface area contributed by atoms with Crippen LogP contribution in [0.25, 0.3) is 0 Å². The molecule has 0 aliphatic rings. The number of anilines is 1. The summed E-state index contributed by atoms with van der Waals surface area (Å²) >= 11 is 2.33. The summed E-state index contributed by atoms with van der Waals surface area (Å²) in [6.45, 7) is 0. The minimum Gasteiger partial charge on any atom is -0.353 e. The van der Waals surface area contributed by atoms with E-state index in [9.17, 15) is 20.2 Å². The Morgan fingerprint density at radius 2 is 1.90 bits per heavy atom. The van der Waals surface area contributed by atoms with Gasteiger partial charge in [-0.15, -0.1) is 10.2 Å². The summed E-state index contributed by atoms with van der Waals surface area (Å²) in [6, 6.07) is 3.51. The molecule has 1 aromatic heterocycles. The van der Waals surface area contributed by atoms with E-state index in [1.165, 1.54) is 23.5 Å². The summed E-state index contributed by atoms with van der Waals surface area (Å²) in [6.07, 6.45) is 0. The van der Waals surface area contributed by atoms with Gasteiger partial charge in [0.15, 0.2) is 4.34 Å². The number of nitro benzene ring substituents is 2. The first kappa shape index (κ1) is 15.1. The van der Waals surface area contributed by atoms with Crippen molar-refractivity contribution < 1.29 is 9.85 Å². The predicted octanol–water partition coefficient (Wildman–Crippen LogP) is 2.57. The van der Waals surface area contributed by atoms with Crippen molar-refractivity contribution in [2.75, 3.05) is 19.0 Å². The Morgan fingerprint density at radius 1 is 1.19 bits per heavy atom. The number of nitrogens with zero attached hydrogens (tertiary/aromatic N) is 5. The smallest absolute Gasteiger partial charge is 0.290 e. The molecule has 0 bridgehead atoms. The molecule has 0 fully saturated rings. The van der Waals surface area contributed by atoms with Gasteiger partial charge in [-0.2, -0.15) is 0 Å². The molecule has 0 amide bonds. The Kier molecular flexibility index (Phi) is 4.33. The van der Waals surface area contributed by atoms with Crippen LogP contribution in [0.15, 0.2) is 27.4 Å². The first-order chi connectivity index (χ1) is 9.88. The van der Waals surface area contributed by atoms with E-state index in [1.54, 1.807) is 4.90 Å². The Bertz CT molecular complexity index is 703. The van der Waals surface area contributed by atoms with Crippen molar-refractivity contribution in [2.24, 2.45) is 0 Å². The van der Waals surface area contributed by atoms with Gasteiger partial charge in [-0.3, -0.25) is 20.2 Å². The van der Waals surface area contributed by atoms with Crippen LogP contribution in [0.3, 0.4) is 0 Å². The molecular formula is C10H9N5O4S2. The normalized spacial score (nSPS) is 10.4. The number of hydrogen-bond acceptors (Lipinski definition) is 9. The van der Waals surface area contributed by atoms with E-state index in [0.717, 1.165) is 17.8 Å². The van der Waals surface area contributed by atoms with Gasteiger partial charge in [0, 0.05) is 20.2 Å². The molecule has 0 saturated carbocycles. The molecule has 1 aromatic carbocycles. The third-order valence-electron chi connectivity index (χ3n) is 2.33. The molecule has 21 heavy (non-hydrogen) atoms. The van der Waals surface area contributed by atoms with Crippen LogP contribution in [-0.4, -0.2) is 34.1 Å². The van der Waals surface area contributed by atoms with Crippen molar-refractivity contribution in [3.63, 3.8) is 0 Å². The molecule has 0 aliphatic carbocycles. The molecular weight excluding hydrogens is 318 g/mol. The van der Waals surface area contributed by atoms with Crippen LogP contribution < -0.4 is 4.90 Å². The van der Waals surface area contributed by atoms with Crippen molar-refractivity contribution in [2.45, 2.75) is 9.24 Å². The number of hydrogen-bond donors (Lipinski definition) is 0. The molecule has 9 nitrogen and oxygen atoms in total. The van der Waals surface area contributed by atoms with Crippen molar-refractivity contribution in [3.05, 3.63) is 38.4 Å². The maximum Gasteiger partial charge on any atom is 0.290 e. The summed E-state index contributed by atoms with van der Waals surface area (Å²) in [4.78, 5) is 22.4. The second-order valence-corrected chi connectivity index (χ2v) is 6.26. The highest BCUT2D eigenvalue weighted by atomic mass is 32.2. The second-order valence-electron chi connectivity index (χ2n) is 4.01. The summed E-state index contributed by atoms with van der Waals surface area (Å²) in [7, 11) is 3.62. The summed E-state index contributed by atoms with van der Waals surface area (Å²) in [5, 5.41) is 30.2. The number of nitro groups is 2. The van der Waals surface area contributed by atoms with Crippen LogP contribution in [0.5, 0.6) is 0 Å². The summed E-state index contributed by atoms with van der Waals surface area (Å²) < 4.78 is 0.524. The SMILES string of the molecule is CN(C)c1nnc(Sc2ccc([N+](=O)[O-])cc2[N+](=O)[O-])s1. The van der Waals surface area contributed by atoms with Gasteiger partial charge in [-0.1, -0.05) is 11.3 Å². The molecule has 0 N–H and O–H groups in total. The topological polar surface area (TPSA) is 115 Å². The highest BCUT2D eigenvalue weighted by Gasteiger charge is 2.21. The van der Waals surface area contributed by atoms with Gasteiger partial charge < -0.3 is 4.90 Å². The molecule has 0 radical (unpaired) electrons. The zero-order valence-corrected chi connectivity index (χ0v) is 12.6. The number of non-ortho nitro benzene ring substituents is 1. The second kappa shape index (κ2) is 6.01. The molecule has 2 rings (SSSR count). The van der Waals surface area contributed by atoms with Crippen LogP contribution in [0.4, 0.5) is 16.5 Å². The van der Waals surface area contributed by atoms with E-state index in [2.05, 4.69) is 10.2 Å². The molecule has 0 spiro atoms. The van der Waals surface area contributed by atoms with Crippen LogP contribution in [0.2, 0.25) is 0 Å². The van der Waals surface area contributed by atoms with Crippen LogP contribution in [0.1, 0.15) is 0 Å². The van der Waals surface area contributed by atoms with Gasteiger partial charge in [0.05, 0.1) is 20.8 Å². The summed E-state index contributed by atoms with van der Waals surface area (Å²) in [5.74, 6) is 0. The van der Waals surface area contributed by atoms with Crippen LogP contribution in [0, 0.1) is 20.2 Å². The molecule has 11 heteroatoms. The maximum absolute atomic E-state index is 11.0. The minimum absolute atomic E-state index is 0.284. The lowest BCUT2D eigenvalue weighted by Gasteiger charge is -2.03. The molecule has 0 atom stereocenters. The monoisotopic (exact) mass is 327 g/mol. The van der Waals surface area contributed by atoms with Gasteiger partial charge in [0.1, 0.15) is 0 Å². The predicted molar refractivity (Wildman–Crippen MR) is 78.1 cm³/mol. The fourth-order valence-corrected chi connectivity index (χ4v) is 3.17. The first-order valence-corrected chi connectivity index (χ1v) is 7.13. The minimum atomic E-state index is -0.670. The number of aromatic nitrogens is 2. The fraction of sp³-hybridized carbons (Fsp3) is 0.200. The van der Waals surface area contributed by atoms with Crippen molar-refractivity contribution in [1.82, 2.24) is 10.2 Å². The fourth-order valence-electron chi connectivity index (χ4n) is 1.37. The number of benzene rings is 1. The molecule has 0 unspecified atom stereocenters. The first-order valence-electron chi connectivity index (χ1n) is 5.50. The lowest BCUT2D eigenvalue weighted by atomic mass is 10.3. The third kappa shape index (κ3) is 3.44. The van der Waals surface area contributed by atoms with Crippen LogP contribution in [-0.2, 0) is 0 Å². The lowest BCUT2D eigenvalue weighted by molar-refractivity contribution is -0.396. The number of rotatable bonds is 5. The largest absolute Gasteiger partial charge is 0.353 e. The van der Waals surface area contributed by atoms with Gasteiger partial charge >= 0.3 is 0 Å². The van der Waals surface area contributed by atoms with Crippen molar-refractivity contribution >= 4 is 39.6 Å². The quantitative estimate of drug-likeness (QED) is 0.607. The highest BCUT2D eigenvalue weighted by Crippen LogP contribution is 2.39. The highest BCUT2D eigenvalue weighted by molar-refractivity contribution is 8.01. The standard InChI is InChI=1S/C10H9N5O4S2/c1-13(2)9-11-12-10(21-9)20-8-4-3-6(14(16)17)5-7(8)15(18)19/h3-5H,1-2H3. The Balaban J connectivity index is 2.34. The van der Waals surface area contributed by atoms with Gasteiger partial charge in [-0.25, -0.2) is 0 Å². The molecule has 0 aliphatic heterocycles. The Labute approximate surface area is 126 Å². The molecule has 0 saturated heterocycles. The van der Waals surface area contributed by atoms with Crippen molar-refractivity contribution in [1.29, 1.82) is 0 Å². The average Bonchev–Trinajstić information content (AvgIpc) is 2.87. The maximum atomic E-state index is 11.0. The zero-order valence-electron chi connectivity index (χ0n) is 10.9.